The zero-order valence-electron chi connectivity index (χ0n) is 9.34. The lowest BCUT2D eigenvalue weighted by atomic mass is 10.3. The molecule has 7 heteroatoms. The first kappa shape index (κ1) is 13.2. The Morgan fingerprint density at radius 2 is 2.18 bits per heavy atom. The quantitative estimate of drug-likeness (QED) is 0.609. The number of nitro groups is 1. The third kappa shape index (κ3) is 3.60. The molecule has 0 aliphatic rings. The van der Waals surface area contributed by atoms with Crippen LogP contribution in [-0.4, -0.2) is 36.4 Å². The highest BCUT2D eigenvalue weighted by molar-refractivity contribution is 6.32. The molecule has 0 N–H and O–H groups in total. The summed E-state index contributed by atoms with van der Waals surface area (Å²) in [5.74, 6) is 0.107. The van der Waals surface area contributed by atoms with Crippen molar-refractivity contribution < 1.29 is 14.5 Å². The van der Waals surface area contributed by atoms with Crippen LogP contribution in [0.4, 0.5) is 5.69 Å². The predicted octanol–water partition coefficient (Wildman–Crippen LogP) is 1.72. The summed E-state index contributed by atoms with van der Waals surface area (Å²) < 4.78 is 5.15. The van der Waals surface area contributed by atoms with Crippen LogP contribution in [0.25, 0.3) is 0 Å². The zero-order valence-corrected chi connectivity index (χ0v) is 10.1. The summed E-state index contributed by atoms with van der Waals surface area (Å²) in [4.78, 5) is 22.5. The number of carbonyl (C=O) groups excluding carboxylic acids is 1. The van der Waals surface area contributed by atoms with E-state index in [1.165, 1.54) is 23.1 Å². The smallest absolute Gasteiger partial charge is 0.288 e. The van der Waals surface area contributed by atoms with Gasteiger partial charge in [0.15, 0.2) is 6.61 Å². The van der Waals surface area contributed by atoms with Gasteiger partial charge in [-0.15, -0.1) is 0 Å². The summed E-state index contributed by atoms with van der Waals surface area (Å²) in [5.41, 5.74) is -0.196. The van der Waals surface area contributed by atoms with Gasteiger partial charge in [-0.2, -0.15) is 0 Å². The number of benzene rings is 1. The number of halogens is 1. The SMILES string of the molecule is CN(C)C(=O)COc1ccc([N+](=O)[O-])c(Cl)c1. The van der Waals surface area contributed by atoms with Crippen LogP contribution in [0.1, 0.15) is 0 Å². The second-order valence-electron chi connectivity index (χ2n) is 3.45. The first-order valence-electron chi connectivity index (χ1n) is 4.68. The molecule has 0 saturated heterocycles. The lowest BCUT2D eigenvalue weighted by molar-refractivity contribution is -0.384. The number of likely N-dealkylation sites (N-methyl/N-ethyl adjacent to an activating group) is 1. The van der Waals surface area contributed by atoms with E-state index in [-0.39, 0.29) is 23.2 Å². The van der Waals surface area contributed by atoms with E-state index >= 15 is 0 Å². The summed E-state index contributed by atoms with van der Waals surface area (Å²) in [5, 5.41) is 10.5. The van der Waals surface area contributed by atoms with Crippen molar-refractivity contribution in [2.75, 3.05) is 20.7 Å². The van der Waals surface area contributed by atoms with Crippen LogP contribution in [-0.2, 0) is 4.79 Å². The molecular formula is C10H11ClN2O4. The van der Waals surface area contributed by atoms with Crippen LogP contribution >= 0.6 is 11.6 Å². The number of hydrogen-bond acceptors (Lipinski definition) is 4. The third-order valence-electron chi connectivity index (χ3n) is 1.98. The van der Waals surface area contributed by atoms with E-state index in [4.69, 9.17) is 16.3 Å². The molecule has 0 fully saturated rings. The Bertz CT molecular complexity index is 448. The van der Waals surface area contributed by atoms with Gasteiger partial charge in [-0.25, -0.2) is 0 Å². The highest BCUT2D eigenvalue weighted by atomic mass is 35.5. The van der Waals surface area contributed by atoms with Crippen molar-refractivity contribution in [3.63, 3.8) is 0 Å². The standard InChI is InChI=1S/C10H11ClN2O4/c1-12(2)10(14)6-17-7-3-4-9(13(15)16)8(11)5-7/h3-5H,6H2,1-2H3. The van der Waals surface area contributed by atoms with Gasteiger partial charge in [0.05, 0.1) is 4.92 Å². The Morgan fingerprint density at radius 1 is 1.53 bits per heavy atom. The fourth-order valence-corrected chi connectivity index (χ4v) is 1.24. The van der Waals surface area contributed by atoms with Crippen molar-refractivity contribution in [3.05, 3.63) is 33.3 Å². The van der Waals surface area contributed by atoms with E-state index in [0.717, 1.165) is 0 Å². The number of amides is 1. The van der Waals surface area contributed by atoms with Crippen LogP contribution in [0, 0.1) is 10.1 Å². The molecule has 0 unspecified atom stereocenters. The predicted molar refractivity (Wildman–Crippen MR) is 62.3 cm³/mol. The maximum Gasteiger partial charge on any atom is 0.288 e. The molecule has 6 nitrogen and oxygen atoms in total. The average molecular weight is 259 g/mol. The molecule has 1 rings (SSSR count). The largest absolute Gasteiger partial charge is 0.484 e. The van der Waals surface area contributed by atoms with Gasteiger partial charge in [0.1, 0.15) is 10.8 Å². The molecule has 0 heterocycles. The first-order chi connectivity index (χ1) is 7.91. The van der Waals surface area contributed by atoms with Crippen LogP contribution in [0.5, 0.6) is 5.75 Å². The maximum absolute atomic E-state index is 11.2. The summed E-state index contributed by atoms with van der Waals surface area (Å²) >= 11 is 5.69. The van der Waals surface area contributed by atoms with Crippen LogP contribution in [0.2, 0.25) is 5.02 Å². The minimum absolute atomic E-state index is 0.0233. The first-order valence-corrected chi connectivity index (χ1v) is 5.06. The Kier molecular flexibility index (Phi) is 4.28. The Balaban J connectivity index is 2.71. The van der Waals surface area contributed by atoms with Crippen LogP contribution in [0.3, 0.4) is 0 Å². The van der Waals surface area contributed by atoms with E-state index in [9.17, 15) is 14.9 Å². The lowest BCUT2D eigenvalue weighted by Gasteiger charge is -2.11. The van der Waals surface area contributed by atoms with Crippen LogP contribution < -0.4 is 4.74 Å². The summed E-state index contributed by atoms with van der Waals surface area (Å²) in [6.45, 7) is -0.138. The van der Waals surface area contributed by atoms with Gasteiger partial charge in [-0.05, 0) is 6.07 Å². The summed E-state index contributed by atoms with van der Waals surface area (Å²) in [7, 11) is 3.21. The highest BCUT2D eigenvalue weighted by Crippen LogP contribution is 2.28. The van der Waals surface area contributed by atoms with Gasteiger partial charge in [-0.1, -0.05) is 11.6 Å². The summed E-state index contributed by atoms with van der Waals surface area (Å²) in [6.07, 6.45) is 0. The fraction of sp³-hybridized carbons (Fsp3) is 0.300. The number of hydrogen-bond donors (Lipinski definition) is 0. The highest BCUT2D eigenvalue weighted by Gasteiger charge is 2.13. The van der Waals surface area contributed by atoms with E-state index in [1.54, 1.807) is 14.1 Å². The van der Waals surface area contributed by atoms with E-state index in [0.29, 0.717) is 5.75 Å². The van der Waals surface area contributed by atoms with E-state index < -0.39 is 4.92 Å². The Labute approximate surface area is 103 Å². The molecule has 0 bridgehead atoms. The molecule has 0 saturated carbocycles. The van der Waals surface area contributed by atoms with Crippen LogP contribution in [0.15, 0.2) is 18.2 Å². The molecule has 0 spiro atoms. The molecule has 0 atom stereocenters. The second-order valence-corrected chi connectivity index (χ2v) is 3.85. The molecule has 1 amide bonds. The van der Waals surface area contributed by atoms with Crippen molar-refractivity contribution in [1.29, 1.82) is 0 Å². The van der Waals surface area contributed by atoms with E-state index in [1.807, 2.05) is 0 Å². The third-order valence-corrected chi connectivity index (χ3v) is 2.28. The van der Waals surface area contributed by atoms with Gasteiger partial charge in [0.25, 0.3) is 11.6 Å². The van der Waals surface area contributed by atoms with Crippen molar-refractivity contribution in [3.8, 4) is 5.75 Å². The Morgan fingerprint density at radius 3 is 2.65 bits per heavy atom. The molecule has 92 valence electrons. The van der Waals surface area contributed by atoms with Crippen molar-refractivity contribution in [2.24, 2.45) is 0 Å². The minimum Gasteiger partial charge on any atom is -0.484 e. The Hall–Kier alpha value is -1.82. The molecule has 0 aliphatic carbocycles. The zero-order chi connectivity index (χ0) is 13.0. The number of nitro benzene ring substituents is 1. The minimum atomic E-state index is -0.586. The topological polar surface area (TPSA) is 72.7 Å². The molecule has 1 aromatic rings. The summed E-state index contributed by atoms with van der Waals surface area (Å²) in [6, 6.07) is 3.94. The van der Waals surface area contributed by atoms with Gasteiger partial charge in [0, 0.05) is 26.2 Å². The molecular weight excluding hydrogens is 248 g/mol. The monoisotopic (exact) mass is 258 g/mol. The molecule has 0 aliphatic heterocycles. The molecule has 17 heavy (non-hydrogen) atoms. The van der Waals surface area contributed by atoms with Gasteiger partial charge < -0.3 is 9.64 Å². The van der Waals surface area contributed by atoms with Crippen molar-refractivity contribution in [2.45, 2.75) is 0 Å². The van der Waals surface area contributed by atoms with E-state index in [2.05, 4.69) is 0 Å². The lowest BCUT2D eigenvalue weighted by Crippen LogP contribution is -2.27. The van der Waals surface area contributed by atoms with Crippen molar-refractivity contribution >= 4 is 23.2 Å². The number of nitrogens with zero attached hydrogens (tertiary/aromatic N) is 2. The number of ether oxygens (including phenoxy) is 1. The fourth-order valence-electron chi connectivity index (χ4n) is 1.000. The van der Waals surface area contributed by atoms with Gasteiger partial charge in [0.2, 0.25) is 0 Å². The molecule has 0 aromatic heterocycles. The normalized spacial score (nSPS) is 9.82. The molecule has 0 radical (unpaired) electrons. The second kappa shape index (κ2) is 5.49. The van der Waals surface area contributed by atoms with Gasteiger partial charge >= 0.3 is 0 Å². The molecule has 1 aromatic carbocycles. The maximum atomic E-state index is 11.2. The number of rotatable bonds is 4. The van der Waals surface area contributed by atoms with Crippen molar-refractivity contribution in [1.82, 2.24) is 4.90 Å². The average Bonchev–Trinajstić information content (AvgIpc) is 2.25. The van der Waals surface area contributed by atoms with Gasteiger partial charge in [-0.3, -0.25) is 14.9 Å². The number of carbonyl (C=O) groups is 1.